The van der Waals surface area contributed by atoms with Crippen molar-refractivity contribution in [3.63, 3.8) is 0 Å². The SMILES string of the molecule is OC1(c2c[nH]c3ccccc23)CCC1. The lowest BCUT2D eigenvalue weighted by Crippen LogP contribution is -2.33. The number of aromatic amines is 1. The number of H-pyrrole nitrogens is 1. The van der Waals surface area contributed by atoms with Crippen molar-refractivity contribution in [2.45, 2.75) is 24.9 Å². The first-order chi connectivity index (χ1) is 6.80. The summed E-state index contributed by atoms with van der Waals surface area (Å²) in [5.41, 5.74) is 1.63. The lowest BCUT2D eigenvalue weighted by atomic mass is 9.75. The average Bonchev–Trinajstić information content (AvgIpc) is 2.58. The third-order valence-corrected chi connectivity index (χ3v) is 3.27. The highest BCUT2D eigenvalue weighted by molar-refractivity contribution is 5.84. The van der Waals surface area contributed by atoms with Crippen LogP contribution in [0, 0.1) is 0 Å². The van der Waals surface area contributed by atoms with E-state index in [2.05, 4.69) is 11.1 Å². The van der Waals surface area contributed by atoms with Crippen molar-refractivity contribution in [2.24, 2.45) is 0 Å². The van der Waals surface area contributed by atoms with E-state index in [0.717, 1.165) is 35.7 Å². The summed E-state index contributed by atoms with van der Waals surface area (Å²) in [6, 6.07) is 8.13. The molecule has 2 nitrogen and oxygen atoms in total. The summed E-state index contributed by atoms with van der Waals surface area (Å²) < 4.78 is 0. The highest BCUT2D eigenvalue weighted by Gasteiger charge is 2.37. The van der Waals surface area contributed by atoms with Crippen molar-refractivity contribution >= 4 is 10.9 Å². The van der Waals surface area contributed by atoms with Crippen LogP contribution in [0.1, 0.15) is 24.8 Å². The van der Waals surface area contributed by atoms with Gasteiger partial charge in [-0.15, -0.1) is 0 Å². The third kappa shape index (κ3) is 0.946. The van der Waals surface area contributed by atoms with Crippen molar-refractivity contribution < 1.29 is 5.11 Å². The van der Waals surface area contributed by atoms with Crippen LogP contribution < -0.4 is 0 Å². The summed E-state index contributed by atoms with van der Waals surface area (Å²) >= 11 is 0. The minimum Gasteiger partial charge on any atom is -0.385 e. The summed E-state index contributed by atoms with van der Waals surface area (Å²) in [6.07, 6.45) is 4.88. The fraction of sp³-hybridized carbons (Fsp3) is 0.333. The van der Waals surface area contributed by atoms with Crippen molar-refractivity contribution in [3.8, 4) is 0 Å². The van der Waals surface area contributed by atoms with Crippen LogP contribution >= 0.6 is 0 Å². The molecule has 1 heterocycles. The van der Waals surface area contributed by atoms with Gasteiger partial charge in [0.15, 0.2) is 0 Å². The lowest BCUT2D eigenvalue weighted by Gasteiger charge is -2.36. The van der Waals surface area contributed by atoms with Crippen LogP contribution in [0.2, 0.25) is 0 Å². The van der Waals surface area contributed by atoms with Crippen LogP contribution in [0.3, 0.4) is 0 Å². The molecular weight excluding hydrogens is 174 g/mol. The monoisotopic (exact) mass is 187 g/mol. The van der Waals surface area contributed by atoms with Gasteiger partial charge in [0.05, 0.1) is 5.60 Å². The molecule has 0 unspecified atom stereocenters. The maximum absolute atomic E-state index is 10.2. The summed E-state index contributed by atoms with van der Waals surface area (Å²) in [7, 11) is 0. The van der Waals surface area contributed by atoms with Crippen LogP contribution in [0.4, 0.5) is 0 Å². The predicted octanol–water partition coefficient (Wildman–Crippen LogP) is 2.54. The maximum atomic E-state index is 10.2. The van der Waals surface area contributed by atoms with Crippen molar-refractivity contribution in [2.75, 3.05) is 0 Å². The summed E-state index contributed by atoms with van der Waals surface area (Å²) in [5.74, 6) is 0. The van der Waals surface area contributed by atoms with Gasteiger partial charge in [0.25, 0.3) is 0 Å². The molecule has 1 aliphatic carbocycles. The minimum atomic E-state index is -0.556. The number of benzene rings is 1. The second-order valence-corrected chi connectivity index (χ2v) is 4.13. The van der Waals surface area contributed by atoms with E-state index >= 15 is 0 Å². The zero-order chi connectivity index (χ0) is 9.60. The van der Waals surface area contributed by atoms with Gasteiger partial charge in [-0.05, 0) is 25.3 Å². The molecule has 3 rings (SSSR count). The van der Waals surface area contributed by atoms with Crippen molar-refractivity contribution in [1.82, 2.24) is 4.98 Å². The predicted molar refractivity (Wildman–Crippen MR) is 56.0 cm³/mol. The fourth-order valence-corrected chi connectivity index (χ4v) is 2.24. The van der Waals surface area contributed by atoms with E-state index in [0.29, 0.717) is 0 Å². The molecule has 1 aliphatic rings. The Morgan fingerprint density at radius 3 is 2.71 bits per heavy atom. The number of para-hydroxylation sites is 1. The molecular formula is C12H13NO. The van der Waals surface area contributed by atoms with Gasteiger partial charge in [0.2, 0.25) is 0 Å². The van der Waals surface area contributed by atoms with E-state index in [1.54, 1.807) is 0 Å². The van der Waals surface area contributed by atoms with Crippen LogP contribution in [-0.4, -0.2) is 10.1 Å². The molecule has 1 aromatic carbocycles. The van der Waals surface area contributed by atoms with E-state index < -0.39 is 5.60 Å². The Morgan fingerprint density at radius 2 is 2.00 bits per heavy atom. The minimum absolute atomic E-state index is 0.556. The normalized spacial score (nSPS) is 19.5. The van der Waals surface area contributed by atoms with E-state index in [4.69, 9.17) is 0 Å². The molecule has 2 heteroatoms. The van der Waals surface area contributed by atoms with Crippen molar-refractivity contribution in [3.05, 3.63) is 36.0 Å². The van der Waals surface area contributed by atoms with Gasteiger partial charge in [-0.3, -0.25) is 0 Å². The number of aromatic nitrogens is 1. The zero-order valence-corrected chi connectivity index (χ0v) is 7.96. The third-order valence-electron chi connectivity index (χ3n) is 3.27. The number of nitrogens with one attached hydrogen (secondary N) is 1. The second-order valence-electron chi connectivity index (χ2n) is 4.13. The van der Waals surface area contributed by atoms with Crippen LogP contribution in [0.5, 0.6) is 0 Å². The van der Waals surface area contributed by atoms with Gasteiger partial charge < -0.3 is 10.1 Å². The van der Waals surface area contributed by atoms with Crippen LogP contribution in [0.25, 0.3) is 10.9 Å². The molecule has 0 amide bonds. The van der Waals surface area contributed by atoms with Gasteiger partial charge in [0, 0.05) is 22.7 Å². The molecule has 1 saturated carbocycles. The van der Waals surface area contributed by atoms with E-state index in [-0.39, 0.29) is 0 Å². The Morgan fingerprint density at radius 1 is 1.21 bits per heavy atom. The Bertz CT molecular complexity index is 468. The molecule has 1 fully saturated rings. The fourth-order valence-electron chi connectivity index (χ4n) is 2.24. The standard InChI is InChI=1S/C12H13NO/c14-12(6-3-7-12)10-8-13-11-5-2-1-4-9(10)11/h1-2,4-5,8,13-14H,3,6-7H2. The van der Waals surface area contributed by atoms with E-state index in [1.165, 1.54) is 0 Å². The number of rotatable bonds is 1. The highest BCUT2D eigenvalue weighted by Crippen LogP contribution is 2.43. The highest BCUT2D eigenvalue weighted by atomic mass is 16.3. The van der Waals surface area contributed by atoms with Crippen molar-refractivity contribution in [1.29, 1.82) is 0 Å². The Hall–Kier alpha value is -1.28. The van der Waals surface area contributed by atoms with Gasteiger partial charge in [-0.2, -0.15) is 0 Å². The molecule has 0 spiro atoms. The van der Waals surface area contributed by atoms with Gasteiger partial charge >= 0.3 is 0 Å². The number of aliphatic hydroxyl groups is 1. The van der Waals surface area contributed by atoms with E-state index in [1.807, 2.05) is 24.4 Å². The lowest BCUT2D eigenvalue weighted by molar-refractivity contribution is -0.0374. The molecule has 0 radical (unpaired) electrons. The average molecular weight is 187 g/mol. The number of hydrogen-bond donors (Lipinski definition) is 2. The molecule has 72 valence electrons. The van der Waals surface area contributed by atoms with Gasteiger partial charge in [-0.25, -0.2) is 0 Å². The largest absolute Gasteiger partial charge is 0.385 e. The summed E-state index contributed by atoms with van der Waals surface area (Å²) in [4.78, 5) is 3.20. The quantitative estimate of drug-likeness (QED) is 0.707. The first-order valence-electron chi connectivity index (χ1n) is 5.09. The molecule has 0 bridgehead atoms. The molecule has 2 aromatic rings. The smallest absolute Gasteiger partial charge is 0.0917 e. The maximum Gasteiger partial charge on any atom is 0.0917 e. The van der Waals surface area contributed by atoms with Gasteiger partial charge in [0.1, 0.15) is 0 Å². The van der Waals surface area contributed by atoms with Crippen LogP contribution in [0.15, 0.2) is 30.5 Å². The van der Waals surface area contributed by atoms with Gasteiger partial charge in [-0.1, -0.05) is 18.2 Å². The Kier molecular flexibility index (Phi) is 1.50. The number of fused-ring (bicyclic) bond motifs is 1. The van der Waals surface area contributed by atoms with Crippen LogP contribution in [-0.2, 0) is 5.60 Å². The Labute approximate surface area is 82.6 Å². The molecule has 1 aromatic heterocycles. The van der Waals surface area contributed by atoms with E-state index in [9.17, 15) is 5.11 Å². The molecule has 2 N–H and O–H groups in total. The molecule has 14 heavy (non-hydrogen) atoms. The number of hydrogen-bond acceptors (Lipinski definition) is 1. The summed E-state index contributed by atoms with van der Waals surface area (Å²) in [5, 5.41) is 11.4. The second kappa shape index (κ2) is 2.61. The topological polar surface area (TPSA) is 36.0 Å². The zero-order valence-electron chi connectivity index (χ0n) is 7.96. The summed E-state index contributed by atoms with van der Waals surface area (Å²) in [6.45, 7) is 0. The first kappa shape index (κ1) is 8.06. The molecule has 0 saturated heterocycles. The molecule has 0 atom stereocenters. The molecule has 0 aliphatic heterocycles. The first-order valence-corrected chi connectivity index (χ1v) is 5.09. The Balaban J connectivity index is 2.22.